The average molecular weight is 316 g/mol. The number of hydrogen-bond donors (Lipinski definition) is 0. The third-order valence-electron chi connectivity index (χ3n) is 2.32. The predicted octanol–water partition coefficient (Wildman–Crippen LogP) is 2.11. The van der Waals surface area contributed by atoms with Crippen molar-refractivity contribution < 1.29 is 4.79 Å². The van der Waals surface area contributed by atoms with Crippen LogP contribution in [-0.2, 0) is 4.79 Å². The van der Waals surface area contributed by atoms with Gasteiger partial charge < -0.3 is 0 Å². The molecule has 0 aromatic rings. The maximum atomic E-state index is 11.9. The van der Waals surface area contributed by atoms with Gasteiger partial charge in [0.15, 0.2) is 0 Å². The molecule has 5 heteroatoms. The maximum absolute atomic E-state index is 11.9. The number of aliphatic imine (C=N–C) groups is 2. The number of carbonyl (C=O) groups excluding carboxylic acids is 1. The number of hydrogen-bond acceptors (Lipinski definition) is 2. The van der Waals surface area contributed by atoms with Crippen LogP contribution in [0.5, 0.6) is 0 Å². The molecule has 1 heterocycles. The van der Waals surface area contributed by atoms with Crippen LogP contribution >= 0.6 is 0 Å². The summed E-state index contributed by atoms with van der Waals surface area (Å²) in [4.78, 5) is 22.9. The number of rotatable bonds is 2. The molecule has 1 aliphatic rings. The SMILES string of the molecule is CC(C)N=C1[Se]C(=NC(=O)C(C)(C)C)N1C(C)C. The molecule has 4 nitrogen and oxygen atoms in total. The minimum absolute atomic E-state index is 0.0476. The van der Waals surface area contributed by atoms with Crippen molar-refractivity contribution in [3.05, 3.63) is 0 Å². The molecule has 1 aliphatic heterocycles. The molecule has 102 valence electrons. The van der Waals surface area contributed by atoms with E-state index in [-0.39, 0.29) is 20.9 Å². The van der Waals surface area contributed by atoms with Crippen LogP contribution in [0.3, 0.4) is 0 Å². The zero-order chi connectivity index (χ0) is 14.1. The molecule has 0 unspecified atom stereocenters. The van der Waals surface area contributed by atoms with Crippen LogP contribution in [0.1, 0.15) is 48.5 Å². The summed E-state index contributed by atoms with van der Waals surface area (Å²) in [6, 6.07) is 0.604. The third-order valence-corrected chi connectivity index (χ3v) is 4.32. The molecule has 0 radical (unpaired) electrons. The van der Waals surface area contributed by atoms with E-state index >= 15 is 0 Å². The Morgan fingerprint density at radius 3 is 2.11 bits per heavy atom. The first kappa shape index (κ1) is 15.4. The molecular weight excluding hydrogens is 293 g/mol. The first-order chi connectivity index (χ1) is 8.12. The minimum atomic E-state index is -0.406. The molecular formula is C13H23N3OSe. The zero-order valence-corrected chi connectivity index (χ0v) is 14.0. The monoisotopic (exact) mass is 317 g/mol. The van der Waals surface area contributed by atoms with Crippen LogP contribution in [0.2, 0.25) is 0 Å². The predicted molar refractivity (Wildman–Crippen MR) is 77.2 cm³/mol. The molecule has 1 saturated heterocycles. The summed E-state index contributed by atoms with van der Waals surface area (Å²) in [7, 11) is 0. The fourth-order valence-electron chi connectivity index (χ4n) is 1.31. The normalized spacial score (nSPS) is 21.1. The second-order valence-electron chi connectivity index (χ2n) is 6.02. The van der Waals surface area contributed by atoms with Gasteiger partial charge in [-0.15, -0.1) is 0 Å². The van der Waals surface area contributed by atoms with E-state index in [4.69, 9.17) is 0 Å². The Morgan fingerprint density at radius 1 is 1.17 bits per heavy atom. The Morgan fingerprint density at radius 2 is 1.72 bits per heavy atom. The van der Waals surface area contributed by atoms with Crippen LogP contribution in [0.4, 0.5) is 0 Å². The summed E-state index contributed by atoms with van der Waals surface area (Å²) in [6.45, 7) is 14.0. The molecule has 0 N–H and O–H groups in total. The fourth-order valence-corrected chi connectivity index (χ4v) is 3.85. The van der Waals surface area contributed by atoms with Gasteiger partial charge in [0.1, 0.15) is 0 Å². The quantitative estimate of drug-likeness (QED) is 0.733. The Balaban J connectivity index is 2.89. The summed E-state index contributed by atoms with van der Waals surface area (Å²) in [5.74, 6) is -0.0476. The van der Waals surface area contributed by atoms with Crippen LogP contribution in [-0.4, -0.2) is 47.3 Å². The number of carbonyl (C=O) groups is 1. The molecule has 1 fully saturated rings. The molecule has 18 heavy (non-hydrogen) atoms. The number of nitrogens with zero attached hydrogens (tertiary/aromatic N) is 3. The van der Waals surface area contributed by atoms with E-state index in [2.05, 4.69) is 42.6 Å². The van der Waals surface area contributed by atoms with E-state index in [1.165, 1.54) is 0 Å². The van der Waals surface area contributed by atoms with Crippen molar-refractivity contribution in [1.29, 1.82) is 0 Å². The van der Waals surface area contributed by atoms with Crippen LogP contribution in [0, 0.1) is 5.41 Å². The Labute approximate surface area is 116 Å². The van der Waals surface area contributed by atoms with Gasteiger partial charge in [0.2, 0.25) is 0 Å². The zero-order valence-electron chi connectivity index (χ0n) is 12.3. The summed E-state index contributed by atoms with van der Waals surface area (Å²) in [5.41, 5.74) is -0.406. The average Bonchev–Trinajstić information content (AvgIpc) is 2.11. The second-order valence-corrected chi connectivity index (χ2v) is 7.98. The van der Waals surface area contributed by atoms with Gasteiger partial charge in [0, 0.05) is 0 Å². The van der Waals surface area contributed by atoms with E-state index in [1.54, 1.807) is 0 Å². The third kappa shape index (κ3) is 3.66. The molecule has 1 rings (SSSR count). The number of amides is 1. The van der Waals surface area contributed by atoms with Gasteiger partial charge >= 0.3 is 116 Å². The van der Waals surface area contributed by atoms with Crippen molar-refractivity contribution in [2.24, 2.45) is 15.4 Å². The van der Waals surface area contributed by atoms with Gasteiger partial charge in [-0.1, -0.05) is 0 Å². The van der Waals surface area contributed by atoms with Crippen molar-refractivity contribution in [1.82, 2.24) is 4.90 Å². The molecule has 0 spiro atoms. The van der Waals surface area contributed by atoms with E-state index in [9.17, 15) is 4.79 Å². The Hall–Kier alpha value is -0.671. The van der Waals surface area contributed by atoms with Crippen molar-refractivity contribution >= 4 is 30.3 Å². The molecule has 0 aromatic heterocycles. The molecule has 0 aliphatic carbocycles. The van der Waals surface area contributed by atoms with E-state index in [0.29, 0.717) is 12.1 Å². The fraction of sp³-hybridized carbons (Fsp3) is 0.769. The van der Waals surface area contributed by atoms with Crippen molar-refractivity contribution in [3.8, 4) is 0 Å². The van der Waals surface area contributed by atoms with Gasteiger partial charge in [-0.2, -0.15) is 0 Å². The van der Waals surface area contributed by atoms with Crippen LogP contribution in [0.25, 0.3) is 0 Å². The molecule has 1 amide bonds. The summed E-state index contributed by atoms with van der Waals surface area (Å²) >= 11 is 0.120. The molecule has 0 bridgehead atoms. The van der Waals surface area contributed by atoms with Crippen molar-refractivity contribution in [3.63, 3.8) is 0 Å². The second kappa shape index (κ2) is 5.54. The molecule has 0 atom stereocenters. The van der Waals surface area contributed by atoms with Crippen LogP contribution < -0.4 is 0 Å². The summed E-state index contributed by atoms with van der Waals surface area (Å²) in [5, 5.41) is 0. The van der Waals surface area contributed by atoms with Gasteiger partial charge in [-0.3, -0.25) is 0 Å². The van der Waals surface area contributed by atoms with Gasteiger partial charge in [0.25, 0.3) is 0 Å². The van der Waals surface area contributed by atoms with E-state index in [0.717, 1.165) is 9.47 Å². The Bertz CT molecular complexity index is 392. The summed E-state index contributed by atoms with van der Waals surface area (Å²) < 4.78 is 2.02. The first-order valence-electron chi connectivity index (χ1n) is 6.31. The Kier molecular flexibility index (Phi) is 4.73. The van der Waals surface area contributed by atoms with Crippen LogP contribution in [0.15, 0.2) is 9.98 Å². The van der Waals surface area contributed by atoms with Gasteiger partial charge in [0.05, 0.1) is 0 Å². The number of amidine groups is 2. The topological polar surface area (TPSA) is 45.0 Å². The van der Waals surface area contributed by atoms with Gasteiger partial charge in [-0.05, 0) is 0 Å². The van der Waals surface area contributed by atoms with E-state index < -0.39 is 5.41 Å². The first-order valence-corrected chi connectivity index (χ1v) is 8.02. The van der Waals surface area contributed by atoms with Crippen molar-refractivity contribution in [2.45, 2.75) is 60.5 Å². The summed E-state index contributed by atoms with van der Waals surface area (Å²) in [6.07, 6.45) is 0. The van der Waals surface area contributed by atoms with Gasteiger partial charge in [-0.25, -0.2) is 0 Å². The standard InChI is InChI=1S/C13H23N3OSe/c1-8(2)14-11-16(9(3)4)12(18-11)15-10(17)13(5,6)7/h8-9H,1-7H3. The van der Waals surface area contributed by atoms with Crippen molar-refractivity contribution in [2.75, 3.05) is 0 Å². The molecule has 0 saturated carbocycles. The van der Waals surface area contributed by atoms with E-state index in [1.807, 2.05) is 20.8 Å². The molecule has 0 aromatic carbocycles.